The van der Waals surface area contributed by atoms with Gasteiger partial charge < -0.3 is 9.80 Å². The summed E-state index contributed by atoms with van der Waals surface area (Å²) in [6, 6.07) is 10.1. The molecule has 0 N–H and O–H groups in total. The van der Waals surface area contributed by atoms with Gasteiger partial charge in [0, 0.05) is 37.6 Å². The van der Waals surface area contributed by atoms with Gasteiger partial charge in [-0.1, -0.05) is 46.8 Å². The Morgan fingerprint density at radius 2 is 1.36 bits per heavy atom. The summed E-state index contributed by atoms with van der Waals surface area (Å²) < 4.78 is 0. The Labute approximate surface area is 201 Å². The standard InChI is InChI=1S/C31H42N2/c1-21-30(2,3)20-27-24-10-11-25-26(23(24)12-13-28(27)31(21,4)5)18-22(32-14-6-7-15-32)19-29(25)33-16-8-9-17-33/h12-13,18-19,21H,6-11,14-17,20H2,1-5H3. The first kappa shape index (κ1) is 21.6. The second kappa shape index (κ2) is 7.52. The quantitative estimate of drug-likeness (QED) is 0.487. The van der Waals surface area contributed by atoms with Crippen LogP contribution >= 0.6 is 0 Å². The first-order valence-corrected chi connectivity index (χ1v) is 13.6. The predicted molar refractivity (Wildman–Crippen MR) is 142 cm³/mol. The Kier molecular flexibility index (Phi) is 4.91. The van der Waals surface area contributed by atoms with E-state index in [4.69, 9.17) is 0 Å². The van der Waals surface area contributed by atoms with Crippen LogP contribution < -0.4 is 9.80 Å². The number of hydrogen-bond acceptors (Lipinski definition) is 2. The van der Waals surface area contributed by atoms with Gasteiger partial charge in [-0.15, -0.1) is 0 Å². The molecule has 2 aromatic carbocycles. The molecule has 2 nitrogen and oxygen atoms in total. The minimum Gasteiger partial charge on any atom is -0.371 e. The number of rotatable bonds is 2. The van der Waals surface area contributed by atoms with Crippen molar-refractivity contribution in [2.75, 3.05) is 36.0 Å². The van der Waals surface area contributed by atoms with Crippen LogP contribution in [0.15, 0.2) is 24.3 Å². The van der Waals surface area contributed by atoms with Gasteiger partial charge in [0.1, 0.15) is 0 Å². The maximum Gasteiger partial charge on any atom is 0.0425 e. The molecule has 2 aliphatic heterocycles. The molecule has 2 heterocycles. The van der Waals surface area contributed by atoms with Crippen molar-refractivity contribution < 1.29 is 0 Å². The van der Waals surface area contributed by atoms with Gasteiger partial charge in [-0.25, -0.2) is 0 Å². The molecule has 1 unspecified atom stereocenters. The van der Waals surface area contributed by atoms with Crippen LogP contribution in [0.5, 0.6) is 0 Å². The van der Waals surface area contributed by atoms with E-state index in [9.17, 15) is 0 Å². The van der Waals surface area contributed by atoms with Gasteiger partial charge in [-0.05, 0) is 107 Å². The van der Waals surface area contributed by atoms with Gasteiger partial charge in [0.15, 0.2) is 0 Å². The van der Waals surface area contributed by atoms with Gasteiger partial charge in [-0.3, -0.25) is 0 Å². The van der Waals surface area contributed by atoms with E-state index in [0.717, 1.165) is 0 Å². The van der Waals surface area contributed by atoms with E-state index in [2.05, 4.69) is 68.7 Å². The smallest absolute Gasteiger partial charge is 0.0425 e. The number of hydrogen-bond donors (Lipinski definition) is 0. The highest BCUT2D eigenvalue weighted by atomic mass is 15.2. The lowest BCUT2D eigenvalue weighted by molar-refractivity contribution is 0.125. The summed E-state index contributed by atoms with van der Waals surface area (Å²) in [4.78, 5) is 5.33. The van der Waals surface area contributed by atoms with Crippen molar-refractivity contribution in [3.63, 3.8) is 0 Å². The van der Waals surface area contributed by atoms with Crippen LogP contribution in [-0.4, -0.2) is 26.2 Å². The SMILES string of the molecule is CC1C(C)(C)Cc2c(ccc3c2CCc2c-3cc(N3CCCC3)cc2N2CCCC2)C1(C)C. The molecule has 0 saturated carbocycles. The number of fused-ring (bicyclic) bond motifs is 5. The fraction of sp³-hybridized carbons (Fsp3) is 0.613. The molecule has 33 heavy (non-hydrogen) atoms. The molecule has 2 aliphatic carbocycles. The Morgan fingerprint density at radius 3 is 2.06 bits per heavy atom. The zero-order valence-corrected chi connectivity index (χ0v) is 21.6. The zero-order valence-electron chi connectivity index (χ0n) is 21.6. The topological polar surface area (TPSA) is 6.48 Å². The molecule has 1 atom stereocenters. The molecular formula is C31H42N2. The lowest BCUT2D eigenvalue weighted by atomic mass is 9.55. The third kappa shape index (κ3) is 3.27. The molecule has 2 aromatic rings. The first-order valence-electron chi connectivity index (χ1n) is 13.6. The minimum atomic E-state index is 0.227. The third-order valence-corrected chi connectivity index (χ3v) is 10.1. The summed E-state index contributed by atoms with van der Waals surface area (Å²) in [6.45, 7) is 17.3. The largest absolute Gasteiger partial charge is 0.371 e. The average molecular weight is 443 g/mol. The lowest BCUT2D eigenvalue weighted by Gasteiger charge is -2.50. The van der Waals surface area contributed by atoms with E-state index in [-0.39, 0.29) is 5.41 Å². The van der Waals surface area contributed by atoms with Crippen LogP contribution in [0.2, 0.25) is 0 Å². The molecule has 0 aromatic heterocycles. The third-order valence-electron chi connectivity index (χ3n) is 10.1. The molecule has 0 spiro atoms. The van der Waals surface area contributed by atoms with E-state index < -0.39 is 0 Å². The molecule has 0 bridgehead atoms. The molecule has 2 fully saturated rings. The number of benzene rings is 2. The van der Waals surface area contributed by atoms with E-state index in [1.807, 2.05) is 0 Å². The highest BCUT2D eigenvalue weighted by molar-refractivity contribution is 5.84. The van der Waals surface area contributed by atoms with Gasteiger partial charge in [0.25, 0.3) is 0 Å². The highest BCUT2D eigenvalue weighted by Crippen LogP contribution is 2.53. The normalized spacial score (nSPS) is 25.1. The predicted octanol–water partition coefficient (Wildman–Crippen LogP) is 7.15. The van der Waals surface area contributed by atoms with Crippen molar-refractivity contribution in [2.24, 2.45) is 11.3 Å². The lowest BCUT2D eigenvalue weighted by Crippen LogP contribution is -2.44. The van der Waals surface area contributed by atoms with Crippen molar-refractivity contribution in [3.8, 4) is 11.1 Å². The minimum absolute atomic E-state index is 0.227. The van der Waals surface area contributed by atoms with Crippen molar-refractivity contribution in [2.45, 2.75) is 85.0 Å². The van der Waals surface area contributed by atoms with Crippen molar-refractivity contribution >= 4 is 11.4 Å². The van der Waals surface area contributed by atoms with Crippen LogP contribution in [0.3, 0.4) is 0 Å². The Bertz CT molecular complexity index is 1080. The van der Waals surface area contributed by atoms with Crippen LogP contribution in [0.1, 0.15) is 82.6 Å². The van der Waals surface area contributed by atoms with Crippen LogP contribution in [0, 0.1) is 11.3 Å². The number of nitrogens with zero attached hydrogens (tertiary/aromatic N) is 2. The zero-order chi connectivity index (χ0) is 23.0. The summed E-state index contributed by atoms with van der Waals surface area (Å²) >= 11 is 0. The summed E-state index contributed by atoms with van der Waals surface area (Å²) in [5, 5.41) is 0. The average Bonchev–Trinajstić information content (AvgIpc) is 3.51. The highest BCUT2D eigenvalue weighted by Gasteiger charge is 2.45. The molecule has 0 radical (unpaired) electrons. The van der Waals surface area contributed by atoms with Crippen molar-refractivity contribution in [1.82, 2.24) is 0 Å². The van der Waals surface area contributed by atoms with E-state index in [1.165, 1.54) is 82.4 Å². The molecule has 0 amide bonds. The summed E-state index contributed by atoms with van der Waals surface area (Å²) in [6.07, 6.45) is 8.98. The van der Waals surface area contributed by atoms with E-state index in [0.29, 0.717) is 11.3 Å². The van der Waals surface area contributed by atoms with Crippen molar-refractivity contribution in [3.05, 3.63) is 46.5 Å². The summed E-state index contributed by atoms with van der Waals surface area (Å²) in [5.41, 5.74) is 13.2. The molecule has 2 heteroatoms. The molecule has 2 saturated heterocycles. The Hall–Kier alpha value is -1.96. The van der Waals surface area contributed by atoms with Crippen LogP contribution in [0.4, 0.5) is 11.4 Å². The molecule has 176 valence electrons. The Balaban J connectivity index is 1.54. The number of anilines is 2. The fourth-order valence-corrected chi connectivity index (χ4v) is 7.65. The van der Waals surface area contributed by atoms with Crippen LogP contribution in [0.25, 0.3) is 11.1 Å². The Morgan fingerprint density at radius 1 is 0.727 bits per heavy atom. The molecular weight excluding hydrogens is 400 g/mol. The van der Waals surface area contributed by atoms with Crippen LogP contribution in [-0.2, 0) is 24.7 Å². The summed E-state index contributed by atoms with van der Waals surface area (Å²) in [7, 11) is 0. The van der Waals surface area contributed by atoms with Crippen molar-refractivity contribution in [1.29, 1.82) is 0 Å². The fourth-order valence-electron chi connectivity index (χ4n) is 7.65. The second-order valence-electron chi connectivity index (χ2n) is 12.6. The maximum atomic E-state index is 2.69. The monoisotopic (exact) mass is 442 g/mol. The van der Waals surface area contributed by atoms with Gasteiger partial charge in [-0.2, -0.15) is 0 Å². The van der Waals surface area contributed by atoms with E-state index in [1.54, 1.807) is 33.5 Å². The summed E-state index contributed by atoms with van der Waals surface area (Å²) in [5.74, 6) is 0.676. The van der Waals surface area contributed by atoms with Gasteiger partial charge >= 0.3 is 0 Å². The van der Waals surface area contributed by atoms with Gasteiger partial charge in [0.05, 0.1) is 0 Å². The molecule has 6 rings (SSSR count). The maximum absolute atomic E-state index is 2.69. The first-order chi connectivity index (χ1) is 15.8. The second-order valence-corrected chi connectivity index (χ2v) is 12.6. The van der Waals surface area contributed by atoms with E-state index >= 15 is 0 Å². The molecule has 4 aliphatic rings. The van der Waals surface area contributed by atoms with Gasteiger partial charge in [0.2, 0.25) is 0 Å².